The Balaban J connectivity index is 1.45. The number of anilines is 1. The van der Waals surface area contributed by atoms with E-state index in [9.17, 15) is 0 Å². The van der Waals surface area contributed by atoms with E-state index in [0.29, 0.717) is 6.54 Å². The first-order chi connectivity index (χ1) is 15.2. The molecule has 0 spiro atoms. The van der Waals surface area contributed by atoms with Crippen LogP contribution in [0.5, 0.6) is 0 Å². The van der Waals surface area contributed by atoms with Crippen molar-refractivity contribution in [1.29, 1.82) is 0 Å². The Kier molecular flexibility index (Phi) is 6.72. The number of fused-ring (bicyclic) bond motifs is 1. The molecule has 1 fully saturated rings. The van der Waals surface area contributed by atoms with E-state index in [1.165, 1.54) is 18.4 Å². The molecule has 4 rings (SSSR count). The highest BCUT2D eigenvalue weighted by atomic mass is 16.3. The van der Waals surface area contributed by atoms with Gasteiger partial charge in [0, 0.05) is 39.6 Å². The van der Waals surface area contributed by atoms with Crippen molar-refractivity contribution in [1.82, 2.24) is 20.5 Å². The van der Waals surface area contributed by atoms with Gasteiger partial charge in [-0.1, -0.05) is 18.2 Å². The third kappa shape index (κ3) is 4.99. The summed E-state index contributed by atoms with van der Waals surface area (Å²) in [5, 5.41) is 8.13. The molecule has 0 saturated carbocycles. The van der Waals surface area contributed by atoms with Gasteiger partial charge in [-0.3, -0.25) is 9.89 Å². The number of hydrogen-bond acceptors (Lipinski definition) is 5. The minimum atomic E-state index is 0.207. The van der Waals surface area contributed by atoms with Crippen LogP contribution in [0.1, 0.15) is 30.2 Å². The van der Waals surface area contributed by atoms with E-state index < -0.39 is 0 Å². The van der Waals surface area contributed by atoms with Crippen LogP contribution in [0.25, 0.3) is 10.9 Å². The van der Waals surface area contributed by atoms with Crippen molar-refractivity contribution < 1.29 is 4.42 Å². The summed E-state index contributed by atoms with van der Waals surface area (Å²) in [6.07, 6.45) is 4.24. The van der Waals surface area contributed by atoms with Crippen molar-refractivity contribution in [3.63, 3.8) is 0 Å². The van der Waals surface area contributed by atoms with E-state index in [-0.39, 0.29) is 6.04 Å². The van der Waals surface area contributed by atoms with Crippen LogP contribution in [0.15, 0.2) is 58.1 Å². The van der Waals surface area contributed by atoms with Gasteiger partial charge in [0.05, 0.1) is 17.8 Å². The van der Waals surface area contributed by atoms with Gasteiger partial charge in [-0.05, 0) is 55.8 Å². The number of guanidine groups is 1. The van der Waals surface area contributed by atoms with Crippen molar-refractivity contribution in [2.24, 2.45) is 4.99 Å². The molecule has 0 radical (unpaired) electrons. The number of benzene rings is 1. The molecule has 1 aliphatic rings. The predicted octanol–water partition coefficient (Wildman–Crippen LogP) is 3.40. The maximum absolute atomic E-state index is 5.73. The zero-order valence-corrected chi connectivity index (χ0v) is 18.6. The van der Waals surface area contributed by atoms with Crippen LogP contribution in [-0.2, 0) is 6.54 Å². The van der Waals surface area contributed by atoms with Crippen molar-refractivity contribution >= 4 is 22.7 Å². The first kappa shape index (κ1) is 21.2. The van der Waals surface area contributed by atoms with Gasteiger partial charge in [0.2, 0.25) is 0 Å². The average molecular weight is 421 g/mol. The van der Waals surface area contributed by atoms with Gasteiger partial charge in [-0.2, -0.15) is 0 Å². The number of pyridine rings is 1. The van der Waals surface area contributed by atoms with E-state index in [1.54, 1.807) is 6.26 Å². The summed E-state index contributed by atoms with van der Waals surface area (Å²) in [5.74, 6) is 2.73. The molecule has 3 aromatic rings. The van der Waals surface area contributed by atoms with Gasteiger partial charge in [-0.15, -0.1) is 0 Å². The van der Waals surface area contributed by atoms with Gasteiger partial charge < -0.3 is 20.0 Å². The number of hydrogen-bond donors (Lipinski definition) is 2. The molecule has 0 bridgehead atoms. The Morgan fingerprint density at radius 3 is 2.68 bits per heavy atom. The van der Waals surface area contributed by atoms with Crippen LogP contribution >= 0.6 is 0 Å². The van der Waals surface area contributed by atoms with Crippen LogP contribution in [0.3, 0.4) is 0 Å². The van der Waals surface area contributed by atoms with Crippen molar-refractivity contribution in [3.05, 3.63) is 60.1 Å². The zero-order valence-electron chi connectivity index (χ0n) is 18.6. The number of nitrogens with zero attached hydrogens (tertiary/aromatic N) is 4. The summed E-state index contributed by atoms with van der Waals surface area (Å²) in [4.78, 5) is 13.7. The number of nitrogens with one attached hydrogen (secondary N) is 2. The van der Waals surface area contributed by atoms with Crippen molar-refractivity contribution in [2.75, 3.05) is 45.7 Å². The molecule has 2 aromatic heterocycles. The fourth-order valence-electron chi connectivity index (χ4n) is 4.14. The molecule has 0 amide bonds. The lowest BCUT2D eigenvalue weighted by atomic mass is 10.1. The lowest BCUT2D eigenvalue weighted by Gasteiger charge is -2.26. The molecule has 1 aliphatic heterocycles. The minimum Gasteiger partial charge on any atom is -0.468 e. The van der Waals surface area contributed by atoms with Crippen LogP contribution in [0.4, 0.5) is 5.82 Å². The number of furan rings is 1. The molecule has 7 nitrogen and oxygen atoms in total. The quantitative estimate of drug-likeness (QED) is 0.451. The van der Waals surface area contributed by atoms with E-state index in [1.807, 2.05) is 38.2 Å². The Morgan fingerprint density at radius 1 is 1.16 bits per heavy atom. The Labute approximate surface area is 184 Å². The molecule has 3 heterocycles. The summed E-state index contributed by atoms with van der Waals surface area (Å²) >= 11 is 0. The third-order valence-electron chi connectivity index (χ3n) is 5.83. The minimum absolute atomic E-state index is 0.207. The molecule has 1 saturated heterocycles. The molecule has 7 heteroatoms. The lowest BCUT2D eigenvalue weighted by molar-refractivity contribution is 0.215. The Hall–Kier alpha value is -3.06. The first-order valence-electron chi connectivity index (χ1n) is 10.9. The highest BCUT2D eigenvalue weighted by Gasteiger charge is 2.25. The van der Waals surface area contributed by atoms with Crippen LogP contribution < -0.4 is 15.5 Å². The highest BCUT2D eigenvalue weighted by molar-refractivity contribution is 5.85. The fraction of sp³-hybridized carbons (Fsp3) is 0.417. The van der Waals surface area contributed by atoms with E-state index in [4.69, 9.17) is 9.40 Å². The molecular formula is C24H32N6O. The zero-order chi connectivity index (χ0) is 21.6. The maximum atomic E-state index is 5.73. The van der Waals surface area contributed by atoms with E-state index >= 15 is 0 Å². The number of aromatic nitrogens is 1. The van der Waals surface area contributed by atoms with Gasteiger partial charge in [0.25, 0.3) is 0 Å². The van der Waals surface area contributed by atoms with Gasteiger partial charge in [0.15, 0.2) is 5.96 Å². The second-order valence-electron chi connectivity index (χ2n) is 8.13. The standard InChI is InChI=1S/C24H32N6O/c1-25-24(27-17-21(22-11-8-14-31-22)30-12-6-7-13-30)26-16-18-15-23(29(2)3)28-20-10-5-4-9-19(18)20/h4-5,8-11,14-15,21H,6-7,12-13,16-17H2,1-3H3,(H2,25,26,27). The van der Waals surface area contributed by atoms with Crippen molar-refractivity contribution in [3.8, 4) is 0 Å². The van der Waals surface area contributed by atoms with Gasteiger partial charge in [-0.25, -0.2) is 4.98 Å². The Bertz CT molecular complexity index is 1010. The molecule has 2 N–H and O–H groups in total. The van der Waals surface area contributed by atoms with Gasteiger partial charge >= 0.3 is 0 Å². The third-order valence-corrected chi connectivity index (χ3v) is 5.83. The van der Waals surface area contributed by atoms with Crippen molar-refractivity contribution in [2.45, 2.75) is 25.4 Å². The number of para-hydroxylation sites is 1. The van der Waals surface area contributed by atoms with E-state index in [2.05, 4.69) is 50.9 Å². The lowest BCUT2D eigenvalue weighted by Crippen LogP contribution is -2.42. The molecule has 1 unspecified atom stereocenters. The summed E-state index contributed by atoms with van der Waals surface area (Å²) in [6.45, 7) is 3.62. The SMILES string of the molecule is CN=C(NCc1cc(N(C)C)nc2ccccc12)NCC(c1ccco1)N1CCCC1. The molecule has 1 aromatic carbocycles. The van der Waals surface area contributed by atoms with E-state index in [0.717, 1.165) is 48.1 Å². The molecular weight excluding hydrogens is 388 g/mol. The average Bonchev–Trinajstić information content (AvgIpc) is 3.50. The second kappa shape index (κ2) is 9.83. The fourth-order valence-corrected chi connectivity index (χ4v) is 4.14. The maximum Gasteiger partial charge on any atom is 0.191 e. The number of likely N-dealkylation sites (tertiary alicyclic amines) is 1. The van der Waals surface area contributed by atoms with Crippen LogP contribution in [0, 0.1) is 0 Å². The molecule has 0 aliphatic carbocycles. The topological polar surface area (TPSA) is 68.9 Å². The van der Waals surface area contributed by atoms with Gasteiger partial charge in [0.1, 0.15) is 11.6 Å². The number of rotatable bonds is 7. The monoisotopic (exact) mass is 420 g/mol. The second-order valence-corrected chi connectivity index (χ2v) is 8.13. The first-order valence-corrected chi connectivity index (χ1v) is 10.9. The summed E-state index contributed by atoms with van der Waals surface area (Å²) in [7, 11) is 5.84. The van der Waals surface area contributed by atoms with Crippen LogP contribution in [0.2, 0.25) is 0 Å². The molecule has 31 heavy (non-hydrogen) atoms. The number of aliphatic imine (C=N–C) groups is 1. The molecule has 164 valence electrons. The molecule has 1 atom stereocenters. The predicted molar refractivity (Wildman–Crippen MR) is 127 cm³/mol. The summed E-state index contributed by atoms with van der Waals surface area (Å²) in [5.41, 5.74) is 2.19. The smallest absolute Gasteiger partial charge is 0.191 e. The van der Waals surface area contributed by atoms with Crippen LogP contribution in [-0.4, -0.2) is 56.6 Å². The largest absolute Gasteiger partial charge is 0.468 e. The normalized spacial score (nSPS) is 15.9. The Morgan fingerprint density at radius 2 is 1.97 bits per heavy atom. The highest BCUT2D eigenvalue weighted by Crippen LogP contribution is 2.25. The summed E-state index contributed by atoms with van der Waals surface area (Å²) in [6, 6.07) is 14.6. The summed E-state index contributed by atoms with van der Waals surface area (Å²) < 4.78 is 5.73.